The summed E-state index contributed by atoms with van der Waals surface area (Å²) in [5.41, 5.74) is 2.84. The molecule has 1 N–H and O–H groups in total. The van der Waals surface area contributed by atoms with Crippen molar-refractivity contribution < 1.29 is 9.84 Å². The van der Waals surface area contributed by atoms with E-state index in [0.29, 0.717) is 0 Å². The molecule has 1 fully saturated rings. The Bertz CT molecular complexity index is 459. The van der Waals surface area contributed by atoms with Crippen molar-refractivity contribution in [3.8, 4) is 0 Å². The van der Waals surface area contributed by atoms with Gasteiger partial charge in [-0.2, -0.15) is 0 Å². The van der Waals surface area contributed by atoms with Gasteiger partial charge in [-0.05, 0) is 70.7 Å². The normalized spacial score (nSPS) is 28.3. The number of aliphatic hydroxyl groups is 1. The summed E-state index contributed by atoms with van der Waals surface area (Å²) in [6.45, 7) is 7.30. The standard InChI is InChI=1S/C20H33NO2/c1-5-17-9-11-18(12-10-17)8-6-7-13-21(4)19-14-15(2)23-16(3)20(19)22/h9-12,15-16,19-20,22H,5-8,13-14H2,1-4H3. The maximum absolute atomic E-state index is 10.3. The topological polar surface area (TPSA) is 32.7 Å². The number of aliphatic hydroxyl groups excluding tert-OH is 1. The van der Waals surface area contributed by atoms with E-state index in [1.165, 1.54) is 24.0 Å². The van der Waals surface area contributed by atoms with Crippen molar-refractivity contribution in [2.24, 2.45) is 0 Å². The number of benzene rings is 1. The molecule has 0 spiro atoms. The molecule has 0 aromatic heterocycles. The quantitative estimate of drug-likeness (QED) is 0.782. The third-order valence-corrected chi connectivity index (χ3v) is 5.12. The Morgan fingerprint density at radius 2 is 1.78 bits per heavy atom. The van der Waals surface area contributed by atoms with Crippen molar-refractivity contribution >= 4 is 0 Å². The third-order valence-electron chi connectivity index (χ3n) is 5.12. The van der Waals surface area contributed by atoms with Crippen LogP contribution >= 0.6 is 0 Å². The maximum Gasteiger partial charge on any atom is 0.0954 e. The Morgan fingerprint density at radius 1 is 1.13 bits per heavy atom. The van der Waals surface area contributed by atoms with Crippen LogP contribution in [-0.4, -0.2) is 48.0 Å². The maximum atomic E-state index is 10.3. The molecule has 4 unspecified atom stereocenters. The molecule has 1 heterocycles. The molecule has 0 bridgehead atoms. The van der Waals surface area contributed by atoms with E-state index in [1.54, 1.807) is 0 Å². The molecular weight excluding hydrogens is 286 g/mol. The first-order valence-electron chi connectivity index (χ1n) is 9.12. The first kappa shape index (κ1) is 18.4. The van der Waals surface area contributed by atoms with E-state index in [2.05, 4.69) is 50.1 Å². The molecule has 1 aromatic rings. The average molecular weight is 319 g/mol. The number of hydrogen-bond acceptors (Lipinski definition) is 3. The highest BCUT2D eigenvalue weighted by Crippen LogP contribution is 2.23. The molecule has 3 nitrogen and oxygen atoms in total. The monoisotopic (exact) mass is 319 g/mol. The number of rotatable bonds is 7. The molecule has 1 aromatic carbocycles. The van der Waals surface area contributed by atoms with E-state index in [-0.39, 0.29) is 24.4 Å². The van der Waals surface area contributed by atoms with E-state index in [9.17, 15) is 5.11 Å². The van der Waals surface area contributed by atoms with Gasteiger partial charge in [0.15, 0.2) is 0 Å². The second-order valence-corrected chi connectivity index (χ2v) is 7.05. The van der Waals surface area contributed by atoms with Crippen molar-refractivity contribution in [1.29, 1.82) is 0 Å². The zero-order chi connectivity index (χ0) is 16.8. The average Bonchev–Trinajstić information content (AvgIpc) is 2.55. The number of nitrogens with zero attached hydrogens (tertiary/aromatic N) is 1. The van der Waals surface area contributed by atoms with Crippen molar-refractivity contribution in [3.05, 3.63) is 35.4 Å². The van der Waals surface area contributed by atoms with Gasteiger partial charge in [0.2, 0.25) is 0 Å². The van der Waals surface area contributed by atoms with Crippen LogP contribution in [0.15, 0.2) is 24.3 Å². The summed E-state index contributed by atoms with van der Waals surface area (Å²) in [7, 11) is 2.13. The van der Waals surface area contributed by atoms with Gasteiger partial charge in [0, 0.05) is 6.04 Å². The van der Waals surface area contributed by atoms with E-state index < -0.39 is 0 Å². The highest BCUT2D eigenvalue weighted by Gasteiger charge is 2.35. The van der Waals surface area contributed by atoms with Crippen LogP contribution in [0, 0.1) is 0 Å². The fraction of sp³-hybridized carbons (Fsp3) is 0.700. The van der Waals surface area contributed by atoms with E-state index in [4.69, 9.17) is 4.74 Å². The molecule has 3 heteroatoms. The smallest absolute Gasteiger partial charge is 0.0954 e. The summed E-state index contributed by atoms with van der Waals surface area (Å²) in [5.74, 6) is 0. The van der Waals surface area contributed by atoms with Crippen LogP contribution < -0.4 is 0 Å². The number of likely N-dealkylation sites (N-methyl/N-ethyl adjacent to an activating group) is 1. The van der Waals surface area contributed by atoms with Crippen LogP contribution in [0.3, 0.4) is 0 Å². The van der Waals surface area contributed by atoms with Gasteiger partial charge in [-0.25, -0.2) is 0 Å². The molecule has 1 aliphatic rings. The molecule has 0 radical (unpaired) electrons. The lowest BCUT2D eigenvalue weighted by Gasteiger charge is -2.41. The Balaban J connectivity index is 1.72. The summed E-state index contributed by atoms with van der Waals surface area (Å²) in [4.78, 5) is 2.32. The number of hydrogen-bond donors (Lipinski definition) is 1. The van der Waals surface area contributed by atoms with Gasteiger partial charge in [0.1, 0.15) is 0 Å². The minimum atomic E-state index is -0.377. The minimum Gasteiger partial charge on any atom is -0.389 e. The van der Waals surface area contributed by atoms with Crippen molar-refractivity contribution in [1.82, 2.24) is 4.90 Å². The lowest BCUT2D eigenvalue weighted by atomic mass is 9.95. The number of aryl methyl sites for hydroxylation is 2. The van der Waals surface area contributed by atoms with Crippen LogP contribution in [0.2, 0.25) is 0 Å². The van der Waals surface area contributed by atoms with Crippen LogP contribution in [0.25, 0.3) is 0 Å². The Kier molecular flexibility index (Phi) is 7.07. The summed E-state index contributed by atoms with van der Waals surface area (Å²) < 4.78 is 5.70. The predicted molar refractivity (Wildman–Crippen MR) is 95.8 cm³/mol. The fourth-order valence-corrected chi connectivity index (χ4v) is 3.53. The zero-order valence-corrected chi connectivity index (χ0v) is 15.2. The van der Waals surface area contributed by atoms with E-state index in [1.807, 2.05) is 6.92 Å². The molecule has 4 atom stereocenters. The van der Waals surface area contributed by atoms with Gasteiger partial charge in [-0.15, -0.1) is 0 Å². The van der Waals surface area contributed by atoms with Gasteiger partial charge in [-0.1, -0.05) is 31.2 Å². The SMILES string of the molecule is CCc1ccc(CCCCN(C)C2CC(C)OC(C)C2O)cc1. The summed E-state index contributed by atoms with van der Waals surface area (Å²) in [6, 6.07) is 9.21. The van der Waals surface area contributed by atoms with Crippen molar-refractivity contribution in [2.45, 2.75) is 77.2 Å². The number of ether oxygens (including phenoxy) is 1. The molecular formula is C20H33NO2. The minimum absolute atomic E-state index is 0.0664. The van der Waals surface area contributed by atoms with Crippen molar-refractivity contribution in [3.63, 3.8) is 0 Å². The van der Waals surface area contributed by atoms with Gasteiger partial charge in [0.25, 0.3) is 0 Å². The predicted octanol–water partition coefficient (Wildman–Crippen LogP) is 3.43. The number of unbranched alkanes of at least 4 members (excludes halogenated alkanes) is 1. The van der Waals surface area contributed by atoms with Crippen molar-refractivity contribution in [2.75, 3.05) is 13.6 Å². The highest BCUT2D eigenvalue weighted by atomic mass is 16.5. The van der Waals surface area contributed by atoms with Crippen LogP contribution in [-0.2, 0) is 17.6 Å². The van der Waals surface area contributed by atoms with Crippen LogP contribution in [0.1, 0.15) is 51.2 Å². The highest BCUT2D eigenvalue weighted by molar-refractivity contribution is 5.22. The first-order chi connectivity index (χ1) is 11.0. The fourth-order valence-electron chi connectivity index (χ4n) is 3.53. The summed E-state index contributed by atoms with van der Waals surface area (Å²) in [6.07, 6.45) is 5.31. The Labute approximate surface area is 141 Å². The third kappa shape index (κ3) is 5.30. The largest absolute Gasteiger partial charge is 0.389 e. The lowest BCUT2D eigenvalue weighted by Crippen LogP contribution is -2.53. The second kappa shape index (κ2) is 8.81. The van der Waals surface area contributed by atoms with Crippen LogP contribution in [0.5, 0.6) is 0 Å². The van der Waals surface area contributed by atoms with E-state index in [0.717, 1.165) is 25.8 Å². The molecule has 0 amide bonds. The summed E-state index contributed by atoms with van der Waals surface area (Å²) in [5, 5.41) is 10.3. The first-order valence-corrected chi connectivity index (χ1v) is 9.12. The van der Waals surface area contributed by atoms with Gasteiger partial charge in [0.05, 0.1) is 18.3 Å². The molecule has 1 aliphatic heterocycles. The van der Waals surface area contributed by atoms with Crippen LogP contribution in [0.4, 0.5) is 0 Å². The molecule has 23 heavy (non-hydrogen) atoms. The Hall–Kier alpha value is -0.900. The summed E-state index contributed by atoms with van der Waals surface area (Å²) >= 11 is 0. The Morgan fingerprint density at radius 3 is 2.43 bits per heavy atom. The molecule has 2 rings (SSSR count). The zero-order valence-electron chi connectivity index (χ0n) is 15.2. The molecule has 0 saturated carbocycles. The van der Waals surface area contributed by atoms with Gasteiger partial charge < -0.3 is 14.7 Å². The molecule has 130 valence electrons. The second-order valence-electron chi connectivity index (χ2n) is 7.05. The molecule has 1 saturated heterocycles. The van der Waals surface area contributed by atoms with E-state index >= 15 is 0 Å². The van der Waals surface area contributed by atoms with Gasteiger partial charge >= 0.3 is 0 Å². The van der Waals surface area contributed by atoms with Gasteiger partial charge in [-0.3, -0.25) is 0 Å². The lowest BCUT2D eigenvalue weighted by molar-refractivity contribution is -0.137. The molecule has 0 aliphatic carbocycles.